The Labute approximate surface area is 94.0 Å². The van der Waals surface area contributed by atoms with Crippen molar-refractivity contribution in [2.75, 3.05) is 5.73 Å². The van der Waals surface area contributed by atoms with E-state index in [0.717, 1.165) is 25.7 Å². The highest BCUT2D eigenvalue weighted by atomic mass is 16.5. The van der Waals surface area contributed by atoms with Crippen LogP contribution in [-0.4, -0.2) is 17.2 Å². The van der Waals surface area contributed by atoms with Crippen LogP contribution in [-0.2, 0) is 0 Å². The van der Waals surface area contributed by atoms with E-state index >= 15 is 0 Å². The van der Waals surface area contributed by atoms with Crippen LogP contribution >= 0.6 is 0 Å². The fraction of sp³-hybridized carbons (Fsp3) is 0.417. The highest BCUT2D eigenvalue weighted by Crippen LogP contribution is 2.28. The molecule has 0 aliphatic heterocycles. The number of carbonyl (C=O) groups is 1. The zero-order valence-electron chi connectivity index (χ0n) is 8.98. The van der Waals surface area contributed by atoms with Crippen LogP contribution in [0.25, 0.3) is 0 Å². The first-order valence-corrected chi connectivity index (χ1v) is 5.46. The van der Waals surface area contributed by atoms with Crippen LogP contribution in [0.5, 0.6) is 5.75 Å². The van der Waals surface area contributed by atoms with Gasteiger partial charge in [-0.1, -0.05) is 0 Å². The molecule has 1 aromatic rings. The Morgan fingerprint density at radius 1 is 1.38 bits per heavy atom. The standard InChI is InChI=1S/C12H15NO3/c13-8-5-6-10(12(14)15)11(7-8)16-9-3-1-2-4-9/h5-7,9H,1-4,13H2,(H,14,15). The van der Waals surface area contributed by atoms with Gasteiger partial charge in [0.05, 0.1) is 6.10 Å². The molecular formula is C12H15NO3. The van der Waals surface area contributed by atoms with Crippen LogP contribution in [0.2, 0.25) is 0 Å². The number of carboxylic acids is 1. The Kier molecular flexibility index (Phi) is 2.99. The van der Waals surface area contributed by atoms with Gasteiger partial charge in [-0.05, 0) is 37.8 Å². The second-order valence-corrected chi connectivity index (χ2v) is 4.09. The molecule has 0 bridgehead atoms. The molecule has 4 heteroatoms. The van der Waals surface area contributed by atoms with Gasteiger partial charge in [0, 0.05) is 11.8 Å². The van der Waals surface area contributed by atoms with Crippen LogP contribution in [0, 0.1) is 0 Å². The Morgan fingerprint density at radius 3 is 2.69 bits per heavy atom. The molecule has 16 heavy (non-hydrogen) atoms. The summed E-state index contributed by atoms with van der Waals surface area (Å²) >= 11 is 0. The third-order valence-electron chi connectivity index (χ3n) is 2.83. The normalized spacial score (nSPS) is 16.2. The van der Waals surface area contributed by atoms with Crippen molar-refractivity contribution in [3.63, 3.8) is 0 Å². The smallest absolute Gasteiger partial charge is 0.339 e. The Hall–Kier alpha value is -1.71. The predicted octanol–water partition coefficient (Wildman–Crippen LogP) is 2.29. The molecule has 1 aromatic carbocycles. The van der Waals surface area contributed by atoms with Gasteiger partial charge in [-0.15, -0.1) is 0 Å². The monoisotopic (exact) mass is 221 g/mol. The maximum Gasteiger partial charge on any atom is 0.339 e. The predicted molar refractivity (Wildman–Crippen MR) is 60.7 cm³/mol. The van der Waals surface area contributed by atoms with E-state index in [-0.39, 0.29) is 11.7 Å². The molecule has 0 heterocycles. The molecule has 0 aromatic heterocycles. The number of anilines is 1. The van der Waals surface area contributed by atoms with Gasteiger partial charge in [0.25, 0.3) is 0 Å². The van der Waals surface area contributed by atoms with Gasteiger partial charge < -0.3 is 15.6 Å². The maximum absolute atomic E-state index is 11.0. The first kappa shape index (κ1) is 10.8. The molecule has 2 rings (SSSR count). The second-order valence-electron chi connectivity index (χ2n) is 4.09. The van der Waals surface area contributed by atoms with Crippen molar-refractivity contribution in [3.8, 4) is 5.75 Å². The number of nitrogens with two attached hydrogens (primary N) is 1. The van der Waals surface area contributed by atoms with Gasteiger partial charge in [-0.2, -0.15) is 0 Å². The average molecular weight is 221 g/mol. The lowest BCUT2D eigenvalue weighted by Crippen LogP contribution is -2.13. The summed E-state index contributed by atoms with van der Waals surface area (Å²) in [5, 5.41) is 9.01. The molecule has 1 fully saturated rings. The van der Waals surface area contributed by atoms with E-state index in [1.807, 2.05) is 0 Å². The summed E-state index contributed by atoms with van der Waals surface area (Å²) in [6.07, 6.45) is 4.42. The van der Waals surface area contributed by atoms with Crippen molar-refractivity contribution in [2.45, 2.75) is 31.8 Å². The van der Waals surface area contributed by atoms with Crippen LogP contribution < -0.4 is 10.5 Å². The molecule has 4 nitrogen and oxygen atoms in total. The van der Waals surface area contributed by atoms with Gasteiger partial charge in [-0.3, -0.25) is 0 Å². The molecule has 1 aliphatic carbocycles. The molecule has 1 aliphatic rings. The van der Waals surface area contributed by atoms with E-state index in [1.54, 1.807) is 12.1 Å². The summed E-state index contributed by atoms with van der Waals surface area (Å²) in [6.45, 7) is 0. The summed E-state index contributed by atoms with van der Waals surface area (Å²) in [4.78, 5) is 11.0. The number of hydrogen-bond acceptors (Lipinski definition) is 3. The lowest BCUT2D eigenvalue weighted by atomic mass is 10.2. The Bertz CT molecular complexity index is 397. The van der Waals surface area contributed by atoms with Gasteiger partial charge in [0.15, 0.2) is 0 Å². The molecule has 0 atom stereocenters. The third-order valence-corrected chi connectivity index (χ3v) is 2.83. The van der Waals surface area contributed by atoms with E-state index < -0.39 is 5.97 Å². The highest BCUT2D eigenvalue weighted by Gasteiger charge is 2.19. The molecule has 0 spiro atoms. The van der Waals surface area contributed by atoms with E-state index in [9.17, 15) is 4.79 Å². The van der Waals surface area contributed by atoms with Crippen molar-refractivity contribution >= 4 is 11.7 Å². The van der Waals surface area contributed by atoms with Gasteiger partial charge in [-0.25, -0.2) is 4.79 Å². The quantitative estimate of drug-likeness (QED) is 0.768. The number of nitrogen functional groups attached to an aromatic ring is 1. The first-order chi connectivity index (χ1) is 7.66. The molecule has 86 valence electrons. The minimum atomic E-state index is -0.979. The van der Waals surface area contributed by atoms with E-state index in [4.69, 9.17) is 15.6 Å². The molecular weight excluding hydrogens is 206 g/mol. The number of aromatic carboxylic acids is 1. The minimum absolute atomic E-state index is 0.139. The lowest BCUT2D eigenvalue weighted by molar-refractivity contribution is 0.0689. The molecule has 0 unspecified atom stereocenters. The Balaban J connectivity index is 2.22. The van der Waals surface area contributed by atoms with Crippen LogP contribution in [0.4, 0.5) is 5.69 Å². The summed E-state index contributed by atoms with van der Waals surface area (Å²) < 4.78 is 5.69. The Morgan fingerprint density at radius 2 is 2.06 bits per heavy atom. The second kappa shape index (κ2) is 4.43. The largest absolute Gasteiger partial charge is 0.489 e. The van der Waals surface area contributed by atoms with Crippen LogP contribution in [0.3, 0.4) is 0 Å². The van der Waals surface area contributed by atoms with Crippen molar-refractivity contribution in [1.29, 1.82) is 0 Å². The minimum Gasteiger partial charge on any atom is -0.489 e. The molecule has 0 radical (unpaired) electrons. The molecule has 3 N–H and O–H groups in total. The highest BCUT2D eigenvalue weighted by molar-refractivity contribution is 5.91. The molecule has 0 saturated heterocycles. The number of carboxylic acid groups (broad SMARTS) is 1. The van der Waals surface area contributed by atoms with E-state index in [2.05, 4.69) is 0 Å². The van der Waals surface area contributed by atoms with Crippen LogP contribution in [0.15, 0.2) is 18.2 Å². The maximum atomic E-state index is 11.0. The summed E-state index contributed by atoms with van der Waals surface area (Å²) in [5.74, 6) is -0.590. The van der Waals surface area contributed by atoms with Crippen molar-refractivity contribution in [1.82, 2.24) is 0 Å². The molecule has 0 amide bonds. The van der Waals surface area contributed by atoms with E-state index in [0.29, 0.717) is 11.4 Å². The average Bonchev–Trinajstić information content (AvgIpc) is 2.70. The number of rotatable bonds is 3. The van der Waals surface area contributed by atoms with Crippen LogP contribution in [0.1, 0.15) is 36.0 Å². The summed E-state index contributed by atoms with van der Waals surface area (Å²) in [7, 11) is 0. The topological polar surface area (TPSA) is 72.6 Å². The van der Waals surface area contributed by atoms with Crippen molar-refractivity contribution in [2.24, 2.45) is 0 Å². The molecule has 1 saturated carbocycles. The summed E-state index contributed by atoms with van der Waals surface area (Å²) in [6, 6.07) is 4.65. The third kappa shape index (κ3) is 2.27. The van der Waals surface area contributed by atoms with Gasteiger partial charge >= 0.3 is 5.97 Å². The zero-order valence-corrected chi connectivity index (χ0v) is 8.98. The number of ether oxygens (including phenoxy) is 1. The van der Waals surface area contributed by atoms with E-state index in [1.165, 1.54) is 6.07 Å². The SMILES string of the molecule is Nc1ccc(C(=O)O)c(OC2CCCC2)c1. The first-order valence-electron chi connectivity index (χ1n) is 5.46. The van der Waals surface area contributed by atoms with Crippen molar-refractivity contribution < 1.29 is 14.6 Å². The fourth-order valence-corrected chi connectivity index (χ4v) is 2.00. The zero-order chi connectivity index (χ0) is 11.5. The number of benzene rings is 1. The van der Waals surface area contributed by atoms with Gasteiger partial charge in [0.2, 0.25) is 0 Å². The van der Waals surface area contributed by atoms with Gasteiger partial charge in [0.1, 0.15) is 11.3 Å². The fourth-order valence-electron chi connectivity index (χ4n) is 2.00. The lowest BCUT2D eigenvalue weighted by Gasteiger charge is -2.15. The number of hydrogen-bond donors (Lipinski definition) is 2. The van der Waals surface area contributed by atoms with Crippen molar-refractivity contribution in [3.05, 3.63) is 23.8 Å². The summed E-state index contributed by atoms with van der Waals surface area (Å²) in [5.41, 5.74) is 6.34.